The number of benzene rings is 1. The summed E-state index contributed by atoms with van der Waals surface area (Å²) in [4.78, 5) is 4.21. The maximum Gasteiger partial charge on any atom is 0.180 e. The van der Waals surface area contributed by atoms with Crippen LogP contribution in [-0.4, -0.2) is 19.2 Å². The third-order valence-corrected chi connectivity index (χ3v) is 4.68. The molecule has 0 spiro atoms. The van der Waals surface area contributed by atoms with Gasteiger partial charge in [0.05, 0.1) is 16.3 Å². The zero-order chi connectivity index (χ0) is 13.9. The average Bonchev–Trinajstić information content (AvgIpc) is 2.37. The molecule has 0 amide bonds. The molecule has 1 aromatic carbocycles. The number of sulfone groups is 1. The van der Waals surface area contributed by atoms with Gasteiger partial charge in [0.2, 0.25) is 0 Å². The number of nitrogens with zero attached hydrogens (tertiary/aromatic N) is 1. The highest BCUT2D eigenvalue weighted by Gasteiger charge is 2.17. The second-order valence-electron chi connectivity index (χ2n) is 4.07. The van der Waals surface area contributed by atoms with Crippen LogP contribution >= 0.6 is 11.6 Å². The van der Waals surface area contributed by atoms with Crippen molar-refractivity contribution in [1.82, 2.24) is 4.98 Å². The van der Waals surface area contributed by atoms with Gasteiger partial charge in [-0.3, -0.25) is 4.98 Å². The summed E-state index contributed by atoms with van der Waals surface area (Å²) in [6.07, 6.45) is 1.99. The first-order valence-corrected chi connectivity index (χ1v) is 7.70. The van der Waals surface area contributed by atoms with Crippen LogP contribution in [0.3, 0.4) is 0 Å². The zero-order valence-electron chi connectivity index (χ0n) is 10.1. The Bertz CT molecular complexity index is 672. The summed E-state index contributed by atoms with van der Waals surface area (Å²) in [5.74, 6) is -0.0319. The van der Waals surface area contributed by atoms with E-state index in [4.69, 9.17) is 17.3 Å². The predicted octanol–water partition coefficient (Wildman–Crippen LogP) is 2.33. The normalized spacial score (nSPS) is 11.4. The molecule has 4 nitrogen and oxygen atoms in total. The van der Waals surface area contributed by atoms with Crippen LogP contribution in [0.2, 0.25) is 5.02 Å². The fraction of sp³-hybridized carbons (Fsp3) is 0.154. The lowest BCUT2D eigenvalue weighted by Crippen LogP contribution is -2.12. The molecular weight excluding hydrogens is 284 g/mol. The number of nitrogens with two attached hydrogens (primary N) is 1. The third-order valence-electron chi connectivity index (χ3n) is 2.66. The molecule has 0 bridgehead atoms. The average molecular weight is 297 g/mol. The molecule has 0 saturated carbocycles. The van der Waals surface area contributed by atoms with Crippen molar-refractivity contribution >= 4 is 27.1 Å². The lowest BCUT2D eigenvalue weighted by molar-refractivity contribution is 0.595. The minimum Gasteiger partial charge on any atom is -0.398 e. The van der Waals surface area contributed by atoms with Gasteiger partial charge in [0.25, 0.3) is 0 Å². The Labute approximate surface area is 117 Å². The van der Waals surface area contributed by atoms with Crippen LogP contribution in [0.1, 0.15) is 5.69 Å². The number of halogens is 1. The Morgan fingerprint density at radius 3 is 2.63 bits per heavy atom. The van der Waals surface area contributed by atoms with Crippen molar-refractivity contribution in [3.05, 3.63) is 53.3 Å². The van der Waals surface area contributed by atoms with Crippen LogP contribution in [0.5, 0.6) is 0 Å². The molecule has 0 atom stereocenters. The van der Waals surface area contributed by atoms with Crippen molar-refractivity contribution in [2.75, 3.05) is 11.5 Å². The van der Waals surface area contributed by atoms with Crippen molar-refractivity contribution in [1.29, 1.82) is 0 Å². The first-order valence-electron chi connectivity index (χ1n) is 5.67. The van der Waals surface area contributed by atoms with E-state index in [1.165, 1.54) is 18.2 Å². The quantitative estimate of drug-likeness (QED) is 0.879. The molecule has 0 aliphatic carbocycles. The van der Waals surface area contributed by atoms with Crippen molar-refractivity contribution in [3.8, 4) is 0 Å². The van der Waals surface area contributed by atoms with Gasteiger partial charge in [0.1, 0.15) is 0 Å². The van der Waals surface area contributed by atoms with E-state index in [0.29, 0.717) is 11.4 Å². The van der Waals surface area contributed by atoms with Gasteiger partial charge in [-0.05, 0) is 30.3 Å². The summed E-state index contributed by atoms with van der Waals surface area (Å²) in [5, 5.41) is 0.418. The van der Waals surface area contributed by atoms with Crippen LogP contribution < -0.4 is 5.73 Å². The first-order chi connectivity index (χ1) is 8.99. The van der Waals surface area contributed by atoms with Gasteiger partial charge in [-0.15, -0.1) is 0 Å². The lowest BCUT2D eigenvalue weighted by Gasteiger charge is -2.07. The van der Waals surface area contributed by atoms with E-state index in [-0.39, 0.29) is 16.3 Å². The van der Waals surface area contributed by atoms with Gasteiger partial charge >= 0.3 is 0 Å². The van der Waals surface area contributed by atoms with Crippen LogP contribution in [-0.2, 0) is 16.3 Å². The van der Waals surface area contributed by atoms with Gasteiger partial charge in [-0.25, -0.2) is 8.42 Å². The van der Waals surface area contributed by atoms with Crippen molar-refractivity contribution < 1.29 is 8.42 Å². The number of nitrogen functional groups attached to an aromatic ring is 1. The highest BCUT2D eigenvalue weighted by atomic mass is 35.5. The van der Waals surface area contributed by atoms with E-state index < -0.39 is 9.84 Å². The van der Waals surface area contributed by atoms with Gasteiger partial charge in [-0.2, -0.15) is 0 Å². The summed E-state index contributed by atoms with van der Waals surface area (Å²) < 4.78 is 24.4. The number of hydrogen-bond acceptors (Lipinski definition) is 4. The van der Waals surface area contributed by atoms with Crippen LogP contribution in [0, 0.1) is 0 Å². The Morgan fingerprint density at radius 2 is 2.00 bits per heavy atom. The predicted molar refractivity (Wildman–Crippen MR) is 75.9 cm³/mol. The largest absolute Gasteiger partial charge is 0.398 e. The molecule has 2 N–H and O–H groups in total. The minimum absolute atomic E-state index is 0.0319. The SMILES string of the molecule is Nc1cc(Cl)ccc1S(=O)(=O)CCc1ccccn1. The highest BCUT2D eigenvalue weighted by Crippen LogP contribution is 2.23. The van der Waals surface area contributed by atoms with Crippen LogP contribution in [0.25, 0.3) is 0 Å². The summed E-state index contributed by atoms with van der Waals surface area (Å²) in [7, 11) is -3.43. The molecule has 0 fully saturated rings. The molecule has 0 aliphatic heterocycles. The number of anilines is 1. The molecule has 0 saturated heterocycles. The molecule has 2 rings (SSSR count). The Balaban J connectivity index is 2.19. The number of rotatable bonds is 4. The van der Waals surface area contributed by atoms with Gasteiger partial charge in [0, 0.05) is 23.3 Å². The molecule has 19 heavy (non-hydrogen) atoms. The Kier molecular flexibility index (Phi) is 4.07. The standard InChI is InChI=1S/C13H13ClN2O2S/c14-10-4-5-13(12(15)9-10)19(17,18)8-6-11-3-1-2-7-16-11/h1-5,7,9H,6,8,15H2. The van der Waals surface area contributed by atoms with E-state index in [2.05, 4.69) is 4.98 Å². The lowest BCUT2D eigenvalue weighted by atomic mass is 10.3. The molecule has 0 aliphatic rings. The van der Waals surface area contributed by atoms with Crippen LogP contribution in [0.15, 0.2) is 47.5 Å². The maximum absolute atomic E-state index is 12.2. The summed E-state index contributed by atoms with van der Waals surface area (Å²) in [6, 6.07) is 9.80. The van der Waals surface area contributed by atoms with Crippen LogP contribution in [0.4, 0.5) is 5.69 Å². The molecule has 6 heteroatoms. The molecule has 1 heterocycles. The number of aromatic nitrogens is 1. The highest BCUT2D eigenvalue weighted by molar-refractivity contribution is 7.91. The minimum atomic E-state index is -3.43. The topological polar surface area (TPSA) is 73.1 Å². The van der Waals surface area contributed by atoms with E-state index in [9.17, 15) is 8.42 Å². The van der Waals surface area contributed by atoms with E-state index in [1.54, 1.807) is 18.3 Å². The van der Waals surface area contributed by atoms with Crippen molar-refractivity contribution in [3.63, 3.8) is 0 Å². The fourth-order valence-corrected chi connectivity index (χ4v) is 3.27. The number of pyridine rings is 1. The zero-order valence-corrected chi connectivity index (χ0v) is 11.7. The van der Waals surface area contributed by atoms with E-state index in [0.717, 1.165) is 5.69 Å². The monoisotopic (exact) mass is 296 g/mol. The summed E-state index contributed by atoms with van der Waals surface area (Å²) >= 11 is 5.76. The Hall–Kier alpha value is -1.59. The molecule has 1 aromatic heterocycles. The molecular formula is C13H13ClN2O2S. The van der Waals surface area contributed by atoms with E-state index in [1.807, 2.05) is 6.07 Å². The van der Waals surface area contributed by atoms with Crippen molar-refractivity contribution in [2.45, 2.75) is 11.3 Å². The smallest absolute Gasteiger partial charge is 0.180 e. The second-order valence-corrected chi connectivity index (χ2v) is 6.59. The summed E-state index contributed by atoms with van der Waals surface area (Å²) in [5.41, 5.74) is 6.61. The molecule has 100 valence electrons. The Morgan fingerprint density at radius 1 is 1.21 bits per heavy atom. The van der Waals surface area contributed by atoms with E-state index >= 15 is 0 Å². The number of aryl methyl sites for hydroxylation is 1. The second kappa shape index (κ2) is 5.59. The molecule has 2 aromatic rings. The van der Waals surface area contributed by atoms with Gasteiger partial charge in [-0.1, -0.05) is 17.7 Å². The van der Waals surface area contributed by atoms with Gasteiger partial charge < -0.3 is 5.73 Å². The first kappa shape index (κ1) is 13.8. The number of hydrogen-bond donors (Lipinski definition) is 1. The summed E-state index contributed by atoms with van der Waals surface area (Å²) in [6.45, 7) is 0. The van der Waals surface area contributed by atoms with Gasteiger partial charge in [0.15, 0.2) is 9.84 Å². The maximum atomic E-state index is 12.2. The molecule has 0 unspecified atom stereocenters. The third kappa shape index (κ3) is 3.45. The fourth-order valence-electron chi connectivity index (χ4n) is 1.70. The van der Waals surface area contributed by atoms with Crippen molar-refractivity contribution in [2.24, 2.45) is 0 Å². The molecule has 0 radical (unpaired) electrons.